The Kier molecular flexibility index (Phi) is 5.15. The van der Waals surface area contributed by atoms with E-state index in [0.29, 0.717) is 9.87 Å². The second-order valence-corrected chi connectivity index (χ2v) is 10.4. The van der Waals surface area contributed by atoms with E-state index in [4.69, 9.17) is 23.2 Å². The number of rotatable bonds is 4. The average molecular weight is 449 g/mol. The molecular weight excluding hydrogens is 435 g/mol. The lowest BCUT2D eigenvalue weighted by Gasteiger charge is -2.17. The highest BCUT2D eigenvalue weighted by atomic mass is 35.5. The molecule has 0 unspecified atom stereocenters. The fourth-order valence-corrected chi connectivity index (χ4v) is 5.98. The molecule has 0 bridgehead atoms. The molecule has 7 nitrogen and oxygen atoms in total. The van der Waals surface area contributed by atoms with E-state index >= 15 is 0 Å². The van der Waals surface area contributed by atoms with E-state index in [9.17, 15) is 21.6 Å². The maximum absolute atomic E-state index is 12.8. The summed E-state index contributed by atoms with van der Waals surface area (Å²) in [5, 5.41) is 0.499. The zero-order valence-electron chi connectivity index (χ0n) is 13.9. The highest BCUT2D eigenvalue weighted by Gasteiger charge is 2.37. The number of halogens is 2. The summed E-state index contributed by atoms with van der Waals surface area (Å²) in [4.78, 5) is 11.8. The van der Waals surface area contributed by atoms with Crippen molar-refractivity contribution in [3.05, 3.63) is 52.0 Å². The van der Waals surface area contributed by atoms with Crippen LogP contribution in [0.2, 0.25) is 10.0 Å². The number of sulfonamides is 2. The molecule has 1 aliphatic heterocycles. The number of amides is 1. The fourth-order valence-electron chi connectivity index (χ4n) is 2.70. The molecule has 0 aromatic heterocycles. The molecule has 0 spiro atoms. The summed E-state index contributed by atoms with van der Waals surface area (Å²) in [6, 6.07) is 8.22. The minimum atomic E-state index is -4.08. The molecule has 27 heavy (non-hydrogen) atoms. The van der Waals surface area contributed by atoms with Gasteiger partial charge in [0.25, 0.3) is 10.0 Å². The summed E-state index contributed by atoms with van der Waals surface area (Å²) in [6.07, 6.45) is -0.141. The molecule has 0 aliphatic carbocycles. The summed E-state index contributed by atoms with van der Waals surface area (Å²) in [6.45, 7) is 1.56. The number of hydrogen-bond acceptors (Lipinski definition) is 5. The molecule has 2 aromatic rings. The van der Waals surface area contributed by atoms with Gasteiger partial charge in [-0.25, -0.2) is 21.1 Å². The van der Waals surface area contributed by atoms with Crippen molar-refractivity contribution in [2.75, 3.05) is 14.8 Å². The number of nitrogens with zero attached hydrogens (tertiary/aromatic N) is 1. The van der Waals surface area contributed by atoms with Crippen molar-refractivity contribution < 1.29 is 21.6 Å². The SMILES string of the molecule is Cc1ccc(N2C(=O)CCS2(=O)=O)cc1S(=O)(=O)Nc1cc(Cl)cc(Cl)c1. The lowest BCUT2D eigenvalue weighted by atomic mass is 10.2. The molecule has 1 fully saturated rings. The van der Waals surface area contributed by atoms with E-state index in [1.807, 2.05) is 0 Å². The summed E-state index contributed by atoms with van der Waals surface area (Å²) in [5.74, 6) is -0.905. The smallest absolute Gasteiger partial charge is 0.262 e. The Balaban J connectivity index is 2.04. The van der Waals surface area contributed by atoms with Crippen molar-refractivity contribution in [2.24, 2.45) is 0 Å². The molecule has 1 heterocycles. The van der Waals surface area contributed by atoms with Crippen LogP contribution in [-0.4, -0.2) is 28.5 Å². The Labute approximate surface area is 167 Å². The van der Waals surface area contributed by atoms with Crippen LogP contribution in [0.1, 0.15) is 12.0 Å². The first-order chi connectivity index (χ1) is 12.5. The molecule has 1 N–H and O–H groups in total. The van der Waals surface area contributed by atoms with Gasteiger partial charge in [0.1, 0.15) is 0 Å². The van der Waals surface area contributed by atoms with Gasteiger partial charge in [-0.15, -0.1) is 0 Å². The van der Waals surface area contributed by atoms with E-state index in [2.05, 4.69) is 4.72 Å². The topological polar surface area (TPSA) is 101 Å². The van der Waals surface area contributed by atoms with Crippen molar-refractivity contribution >= 4 is 60.5 Å². The van der Waals surface area contributed by atoms with Crippen molar-refractivity contribution in [1.82, 2.24) is 0 Å². The summed E-state index contributed by atoms with van der Waals surface area (Å²) in [5.41, 5.74) is 0.512. The third-order valence-corrected chi connectivity index (χ3v) is 7.54. The number of carbonyl (C=O) groups is 1. The van der Waals surface area contributed by atoms with Crippen LogP contribution in [-0.2, 0) is 24.8 Å². The number of carbonyl (C=O) groups excluding carboxylic acids is 1. The zero-order chi connectivity index (χ0) is 20.0. The van der Waals surface area contributed by atoms with Crippen molar-refractivity contribution in [2.45, 2.75) is 18.2 Å². The first kappa shape index (κ1) is 19.9. The Hall–Kier alpha value is -1.81. The van der Waals surface area contributed by atoms with Crippen LogP contribution < -0.4 is 9.03 Å². The van der Waals surface area contributed by atoms with Gasteiger partial charge in [-0.3, -0.25) is 9.52 Å². The maximum Gasteiger partial charge on any atom is 0.262 e. The standard InChI is InChI=1S/C16H14Cl2N2O5S2/c1-10-2-3-14(20-16(21)4-5-26(20,22)23)9-15(10)27(24,25)19-13-7-11(17)6-12(18)8-13/h2-3,6-9,19H,4-5H2,1H3. The predicted octanol–water partition coefficient (Wildman–Crippen LogP) is 3.17. The first-order valence-corrected chi connectivity index (χ1v) is 11.5. The van der Waals surface area contributed by atoms with Crippen molar-refractivity contribution in [1.29, 1.82) is 0 Å². The molecule has 2 aromatic carbocycles. The Morgan fingerprint density at radius 1 is 1.07 bits per heavy atom. The molecule has 1 saturated heterocycles. The van der Waals surface area contributed by atoms with Gasteiger partial charge in [-0.2, -0.15) is 0 Å². The molecule has 144 valence electrons. The number of aryl methyl sites for hydroxylation is 1. The van der Waals surface area contributed by atoms with Crippen LogP contribution in [0.15, 0.2) is 41.3 Å². The number of nitrogens with one attached hydrogen (secondary N) is 1. The Morgan fingerprint density at radius 2 is 1.70 bits per heavy atom. The van der Waals surface area contributed by atoms with E-state index in [1.165, 1.54) is 30.3 Å². The van der Waals surface area contributed by atoms with Gasteiger partial charge >= 0.3 is 0 Å². The number of benzene rings is 2. The van der Waals surface area contributed by atoms with Gasteiger partial charge < -0.3 is 0 Å². The second-order valence-electron chi connectivity index (χ2n) is 5.94. The molecule has 3 rings (SSSR count). The van der Waals surface area contributed by atoms with Crippen LogP contribution >= 0.6 is 23.2 Å². The summed E-state index contributed by atoms with van der Waals surface area (Å²) < 4.78 is 52.8. The van der Waals surface area contributed by atoms with Gasteiger partial charge in [0.2, 0.25) is 15.9 Å². The van der Waals surface area contributed by atoms with Gasteiger partial charge in [0.15, 0.2) is 0 Å². The third-order valence-electron chi connectivity index (χ3n) is 3.89. The van der Waals surface area contributed by atoms with E-state index in [1.54, 1.807) is 6.92 Å². The predicted molar refractivity (Wildman–Crippen MR) is 104 cm³/mol. The number of anilines is 2. The zero-order valence-corrected chi connectivity index (χ0v) is 17.1. The highest BCUT2D eigenvalue weighted by Crippen LogP contribution is 2.30. The quantitative estimate of drug-likeness (QED) is 0.773. The van der Waals surface area contributed by atoms with Crippen LogP contribution in [0.25, 0.3) is 0 Å². The van der Waals surface area contributed by atoms with Crippen molar-refractivity contribution in [3.8, 4) is 0 Å². The Bertz CT molecular complexity index is 1130. The largest absolute Gasteiger partial charge is 0.280 e. The molecule has 0 saturated carbocycles. The molecule has 1 amide bonds. The van der Waals surface area contributed by atoms with E-state index in [0.717, 1.165) is 6.07 Å². The lowest BCUT2D eigenvalue weighted by Crippen LogP contribution is -2.29. The lowest BCUT2D eigenvalue weighted by molar-refractivity contribution is -0.116. The molecule has 11 heteroatoms. The minimum absolute atomic E-state index is 0.0207. The molecule has 0 atom stereocenters. The minimum Gasteiger partial charge on any atom is -0.280 e. The second kappa shape index (κ2) is 6.97. The highest BCUT2D eigenvalue weighted by molar-refractivity contribution is 7.94. The van der Waals surface area contributed by atoms with Crippen LogP contribution in [0.5, 0.6) is 0 Å². The maximum atomic E-state index is 12.8. The van der Waals surface area contributed by atoms with E-state index in [-0.39, 0.29) is 38.5 Å². The normalized spacial score (nSPS) is 16.6. The Morgan fingerprint density at radius 3 is 2.26 bits per heavy atom. The van der Waals surface area contributed by atoms with Gasteiger partial charge in [-0.1, -0.05) is 29.3 Å². The van der Waals surface area contributed by atoms with Gasteiger partial charge in [-0.05, 0) is 42.8 Å². The third kappa shape index (κ3) is 4.06. The molecule has 1 aliphatic rings. The van der Waals surface area contributed by atoms with Crippen LogP contribution in [0.4, 0.5) is 11.4 Å². The van der Waals surface area contributed by atoms with Crippen LogP contribution in [0.3, 0.4) is 0 Å². The molecular formula is C16H14Cl2N2O5S2. The summed E-state index contributed by atoms with van der Waals surface area (Å²) in [7, 11) is -7.89. The fraction of sp³-hybridized carbons (Fsp3) is 0.188. The number of hydrogen-bond donors (Lipinski definition) is 1. The average Bonchev–Trinajstić information content (AvgIpc) is 2.80. The van der Waals surface area contributed by atoms with Gasteiger partial charge in [0, 0.05) is 16.5 Å². The van der Waals surface area contributed by atoms with Crippen molar-refractivity contribution in [3.63, 3.8) is 0 Å². The molecule has 0 radical (unpaired) electrons. The monoisotopic (exact) mass is 448 g/mol. The van der Waals surface area contributed by atoms with E-state index < -0.39 is 26.0 Å². The summed E-state index contributed by atoms with van der Waals surface area (Å²) >= 11 is 11.8. The van der Waals surface area contributed by atoms with Gasteiger partial charge in [0.05, 0.1) is 22.0 Å². The first-order valence-electron chi connectivity index (χ1n) is 7.65. The van der Waals surface area contributed by atoms with Crippen LogP contribution in [0, 0.1) is 6.92 Å².